The number of nitrogens with one attached hydrogen (secondary N) is 1. The van der Waals surface area contributed by atoms with Crippen molar-refractivity contribution in [1.82, 2.24) is 4.83 Å². The molecule has 2 aromatic rings. The lowest BCUT2D eigenvalue weighted by Gasteiger charge is -2.04. The van der Waals surface area contributed by atoms with Crippen LogP contribution in [0.5, 0.6) is 5.75 Å². The molecular weight excluding hydrogens is 334 g/mol. The summed E-state index contributed by atoms with van der Waals surface area (Å²) in [4.78, 5) is 12.5. The van der Waals surface area contributed by atoms with E-state index in [-0.39, 0.29) is 16.3 Å². The number of aryl methyl sites for hydroxylation is 1. The minimum Gasteiger partial charge on any atom is -0.490 e. The summed E-state index contributed by atoms with van der Waals surface area (Å²) in [6.07, 6.45) is 1.18. The third-order valence-corrected chi connectivity index (χ3v) is 4.36. The van der Waals surface area contributed by atoms with Crippen LogP contribution < -0.4 is 9.57 Å². The minimum absolute atomic E-state index is 0.0750. The second-order valence-corrected chi connectivity index (χ2v) is 6.52. The molecule has 0 aromatic heterocycles. The standard InChI is InChI=1S/C15H15N3O5S/c1-11-3-6-13(7-4-11)24(21,22)17-16-10-12-5-8-15(23-2)14(9-12)18(19)20/h3-10,17H,1-2H3/b16-10-. The Morgan fingerprint density at radius 3 is 2.46 bits per heavy atom. The number of nitro groups is 1. The van der Waals surface area contributed by atoms with E-state index >= 15 is 0 Å². The molecule has 0 aliphatic heterocycles. The molecule has 2 rings (SSSR count). The monoisotopic (exact) mass is 349 g/mol. The van der Waals surface area contributed by atoms with Crippen LogP contribution in [0, 0.1) is 17.0 Å². The first-order chi connectivity index (χ1) is 11.3. The number of sulfonamides is 1. The Morgan fingerprint density at radius 2 is 1.88 bits per heavy atom. The van der Waals surface area contributed by atoms with E-state index in [0.29, 0.717) is 5.56 Å². The number of nitro benzene ring substituents is 1. The second kappa shape index (κ2) is 7.09. The van der Waals surface area contributed by atoms with Crippen LogP contribution in [0.25, 0.3) is 0 Å². The van der Waals surface area contributed by atoms with Gasteiger partial charge in [-0.15, -0.1) is 0 Å². The van der Waals surface area contributed by atoms with Crippen LogP contribution in [0.15, 0.2) is 52.5 Å². The van der Waals surface area contributed by atoms with E-state index in [1.807, 2.05) is 6.92 Å². The topological polar surface area (TPSA) is 111 Å². The van der Waals surface area contributed by atoms with Crippen LogP contribution in [-0.4, -0.2) is 26.7 Å². The normalized spacial score (nSPS) is 11.4. The third-order valence-electron chi connectivity index (χ3n) is 3.12. The molecule has 0 aliphatic carbocycles. The highest BCUT2D eigenvalue weighted by Gasteiger charge is 2.15. The van der Waals surface area contributed by atoms with E-state index in [9.17, 15) is 18.5 Å². The maximum absolute atomic E-state index is 12.1. The van der Waals surface area contributed by atoms with Gasteiger partial charge in [-0.3, -0.25) is 10.1 Å². The molecule has 0 fully saturated rings. The van der Waals surface area contributed by atoms with Crippen molar-refractivity contribution in [3.05, 3.63) is 63.7 Å². The Balaban J connectivity index is 2.18. The van der Waals surface area contributed by atoms with Gasteiger partial charge in [-0.25, -0.2) is 4.83 Å². The highest BCUT2D eigenvalue weighted by Crippen LogP contribution is 2.26. The van der Waals surface area contributed by atoms with Gasteiger partial charge in [-0.1, -0.05) is 17.7 Å². The molecule has 0 saturated carbocycles. The molecule has 0 radical (unpaired) electrons. The summed E-state index contributed by atoms with van der Waals surface area (Å²) < 4.78 is 29.0. The van der Waals surface area contributed by atoms with E-state index in [1.54, 1.807) is 12.1 Å². The number of hydrazone groups is 1. The van der Waals surface area contributed by atoms with Crippen LogP contribution in [0.1, 0.15) is 11.1 Å². The first-order valence-electron chi connectivity index (χ1n) is 6.77. The fourth-order valence-corrected chi connectivity index (χ4v) is 2.66. The van der Waals surface area contributed by atoms with Crippen molar-refractivity contribution in [3.63, 3.8) is 0 Å². The van der Waals surface area contributed by atoms with Gasteiger partial charge in [0, 0.05) is 11.6 Å². The van der Waals surface area contributed by atoms with Gasteiger partial charge in [-0.2, -0.15) is 13.5 Å². The van der Waals surface area contributed by atoms with Crippen molar-refractivity contribution in [1.29, 1.82) is 0 Å². The van der Waals surface area contributed by atoms with Crippen molar-refractivity contribution < 1.29 is 18.1 Å². The minimum atomic E-state index is -3.79. The number of hydrogen-bond donors (Lipinski definition) is 1. The molecule has 0 amide bonds. The van der Waals surface area contributed by atoms with Crippen LogP contribution in [0.3, 0.4) is 0 Å². The van der Waals surface area contributed by atoms with E-state index in [1.165, 1.54) is 43.7 Å². The van der Waals surface area contributed by atoms with Gasteiger partial charge < -0.3 is 4.74 Å². The molecule has 9 heteroatoms. The maximum atomic E-state index is 12.1. The quantitative estimate of drug-likeness (QED) is 0.488. The van der Waals surface area contributed by atoms with Crippen LogP contribution in [0.2, 0.25) is 0 Å². The van der Waals surface area contributed by atoms with Gasteiger partial charge in [0.1, 0.15) is 0 Å². The fourth-order valence-electron chi connectivity index (χ4n) is 1.87. The van der Waals surface area contributed by atoms with Gasteiger partial charge in [0.25, 0.3) is 10.0 Å². The first kappa shape index (κ1) is 17.4. The summed E-state index contributed by atoms with van der Waals surface area (Å²) in [5, 5.41) is 14.6. The van der Waals surface area contributed by atoms with Gasteiger partial charge in [0.05, 0.1) is 23.1 Å². The van der Waals surface area contributed by atoms with E-state index < -0.39 is 14.9 Å². The highest BCUT2D eigenvalue weighted by molar-refractivity contribution is 7.89. The van der Waals surface area contributed by atoms with E-state index in [4.69, 9.17) is 4.74 Å². The molecule has 0 atom stereocenters. The molecule has 0 heterocycles. The summed E-state index contributed by atoms with van der Waals surface area (Å²) in [7, 11) is -2.47. The largest absolute Gasteiger partial charge is 0.490 e. The van der Waals surface area contributed by atoms with Crippen molar-refractivity contribution in [2.24, 2.45) is 5.10 Å². The zero-order chi connectivity index (χ0) is 17.7. The van der Waals surface area contributed by atoms with E-state index in [2.05, 4.69) is 9.93 Å². The predicted octanol–water partition coefficient (Wildman–Crippen LogP) is 2.22. The second-order valence-electron chi connectivity index (χ2n) is 4.85. The molecule has 8 nitrogen and oxygen atoms in total. The Morgan fingerprint density at radius 1 is 1.21 bits per heavy atom. The van der Waals surface area contributed by atoms with Crippen LogP contribution in [0.4, 0.5) is 5.69 Å². The lowest BCUT2D eigenvalue weighted by molar-refractivity contribution is -0.385. The number of methoxy groups -OCH3 is 1. The number of benzene rings is 2. The van der Waals surface area contributed by atoms with Crippen molar-refractivity contribution in [2.75, 3.05) is 7.11 Å². The number of nitrogens with zero attached hydrogens (tertiary/aromatic N) is 2. The number of hydrogen-bond acceptors (Lipinski definition) is 6. The Bertz CT molecular complexity index is 876. The molecule has 24 heavy (non-hydrogen) atoms. The first-order valence-corrected chi connectivity index (χ1v) is 8.26. The van der Waals surface area contributed by atoms with Gasteiger partial charge in [0.15, 0.2) is 5.75 Å². The Hall–Kier alpha value is -2.94. The summed E-state index contributed by atoms with van der Waals surface area (Å²) in [6.45, 7) is 1.85. The van der Waals surface area contributed by atoms with Gasteiger partial charge in [-0.05, 0) is 31.2 Å². The molecule has 0 bridgehead atoms. The molecule has 1 N–H and O–H groups in total. The van der Waals surface area contributed by atoms with Crippen LogP contribution in [-0.2, 0) is 10.0 Å². The predicted molar refractivity (Wildman–Crippen MR) is 88.7 cm³/mol. The fraction of sp³-hybridized carbons (Fsp3) is 0.133. The summed E-state index contributed by atoms with van der Waals surface area (Å²) in [6, 6.07) is 10.4. The summed E-state index contributed by atoms with van der Waals surface area (Å²) >= 11 is 0. The number of rotatable bonds is 6. The molecular formula is C15H15N3O5S. The number of ether oxygens (including phenoxy) is 1. The third kappa shape index (κ3) is 4.07. The summed E-state index contributed by atoms with van der Waals surface area (Å²) in [5.74, 6) is 0.109. The van der Waals surface area contributed by atoms with Gasteiger partial charge in [0.2, 0.25) is 0 Å². The highest BCUT2D eigenvalue weighted by atomic mass is 32.2. The summed E-state index contributed by atoms with van der Waals surface area (Å²) in [5.41, 5.74) is 1.06. The lowest BCUT2D eigenvalue weighted by atomic mass is 10.2. The lowest BCUT2D eigenvalue weighted by Crippen LogP contribution is -2.18. The Kier molecular flexibility index (Phi) is 5.14. The van der Waals surface area contributed by atoms with Gasteiger partial charge >= 0.3 is 5.69 Å². The zero-order valence-corrected chi connectivity index (χ0v) is 13.8. The SMILES string of the molecule is COc1ccc(/C=N\NS(=O)(=O)c2ccc(C)cc2)cc1[N+](=O)[O-]. The van der Waals surface area contributed by atoms with Crippen molar-refractivity contribution in [2.45, 2.75) is 11.8 Å². The molecule has 0 unspecified atom stereocenters. The maximum Gasteiger partial charge on any atom is 0.311 e. The van der Waals surface area contributed by atoms with E-state index in [0.717, 1.165) is 5.56 Å². The molecule has 0 spiro atoms. The zero-order valence-electron chi connectivity index (χ0n) is 13.0. The van der Waals surface area contributed by atoms with Crippen LogP contribution >= 0.6 is 0 Å². The van der Waals surface area contributed by atoms with Crippen molar-refractivity contribution in [3.8, 4) is 5.75 Å². The molecule has 0 aliphatic rings. The van der Waals surface area contributed by atoms with Crippen molar-refractivity contribution >= 4 is 21.9 Å². The molecule has 126 valence electrons. The molecule has 2 aromatic carbocycles. The average molecular weight is 349 g/mol. The molecule has 0 saturated heterocycles. The smallest absolute Gasteiger partial charge is 0.311 e. The Labute approximate surface area is 139 Å². The average Bonchev–Trinajstić information content (AvgIpc) is 2.55.